The third-order valence-corrected chi connectivity index (χ3v) is 6.07. The number of carbonyl (C=O) groups is 4. The SMILES string of the molecule is CC1CCc2cc(-c3ccc(CC(=O)O)cc3F)ccc2N(C2CCC(=O)NC2=O)C1=O. The Balaban J connectivity index is 1.72. The Morgan fingerprint density at radius 2 is 1.91 bits per heavy atom. The first-order valence-electron chi connectivity index (χ1n) is 10.5. The van der Waals surface area contributed by atoms with Crippen LogP contribution in [0.15, 0.2) is 36.4 Å². The highest BCUT2D eigenvalue weighted by Crippen LogP contribution is 2.36. The third kappa shape index (κ3) is 4.12. The molecular formula is C24H23FN2O5. The Bertz CT molecular complexity index is 1130. The lowest BCUT2D eigenvalue weighted by Crippen LogP contribution is -2.55. The van der Waals surface area contributed by atoms with Crippen LogP contribution in [0.1, 0.15) is 37.3 Å². The number of carboxylic acid groups (broad SMARTS) is 1. The first kappa shape index (κ1) is 21.7. The van der Waals surface area contributed by atoms with Gasteiger partial charge in [0.05, 0.1) is 6.42 Å². The van der Waals surface area contributed by atoms with Crippen molar-refractivity contribution in [2.75, 3.05) is 4.90 Å². The molecule has 2 atom stereocenters. The second kappa shape index (κ2) is 8.53. The highest BCUT2D eigenvalue weighted by atomic mass is 19.1. The van der Waals surface area contributed by atoms with Crippen LogP contribution < -0.4 is 10.2 Å². The minimum Gasteiger partial charge on any atom is -0.481 e. The summed E-state index contributed by atoms with van der Waals surface area (Å²) >= 11 is 0. The van der Waals surface area contributed by atoms with Crippen molar-refractivity contribution in [1.29, 1.82) is 0 Å². The maximum atomic E-state index is 14.7. The van der Waals surface area contributed by atoms with Gasteiger partial charge in [-0.3, -0.25) is 29.4 Å². The molecule has 0 spiro atoms. The topological polar surface area (TPSA) is 104 Å². The number of fused-ring (bicyclic) bond motifs is 1. The average Bonchev–Trinajstić information content (AvgIpc) is 2.85. The molecule has 0 radical (unpaired) electrons. The molecule has 1 saturated heterocycles. The van der Waals surface area contributed by atoms with Crippen molar-refractivity contribution in [3.05, 3.63) is 53.3 Å². The van der Waals surface area contributed by atoms with Gasteiger partial charge in [0, 0.05) is 23.6 Å². The number of hydrogen-bond acceptors (Lipinski definition) is 4. The van der Waals surface area contributed by atoms with Crippen LogP contribution in [-0.4, -0.2) is 34.8 Å². The fourth-order valence-corrected chi connectivity index (χ4v) is 4.37. The molecular weight excluding hydrogens is 415 g/mol. The normalized spacial score (nSPS) is 21.1. The summed E-state index contributed by atoms with van der Waals surface area (Å²) in [6, 6.07) is 8.81. The molecule has 8 heteroatoms. The minimum absolute atomic E-state index is 0.163. The molecule has 166 valence electrons. The molecule has 2 aromatic carbocycles. The number of nitrogens with zero attached hydrogens (tertiary/aromatic N) is 1. The van der Waals surface area contributed by atoms with Crippen LogP contribution in [0.25, 0.3) is 11.1 Å². The summed E-state index contributed by atoms with van der Waals surface area (Å²) in [6.07, 6.45) is 1.32. The fraction of sp³-hybridized carbons (Fsp3) is 0.333. The summed E-state index contributed by atoms with van der Waals surface area (Å²) in [7, 11) is 0. The molecule has 0 aliphatic carbocycles. The molecule has 2 heterocycles. The predicted octanol–water partition coefficient (Wildman–Crippen LogP) is 2.84. The van der Waals surface area contributed by atoms with Gasteiger partial charge in [-0.2, -0.15) is 0 Å². The highest BCUT2D eigenvalue weighted by molar-refractivity contribution is 6.08. The van der Waals surface area contributed by atoms with E-state index in [1.807, 2.05) is 13.0 Å². The second-order valence-electron chi connectivity index (χ2n) is 8.34. The average molecular weight is 438 g/mol. The number of carboxylic acids is 1. The number of aryl methyl sites for hydroxylation is 1. The molecule has 3 amide bonds. The Kier molecular flexibility index (Phi) is 5.78. The number of anilines is 1. The molecule has 0 aromatic heterocycles. The van der Waals surface area contributed by atoms with Gasteiger partial charge in [-0.25, -0.2) is 4.39 Å². The Morgan fingerprint density at radius 3 is 2.59 bits per heavy atom. The molecule has 1 fully saturated rings. The van der Waals surface area contributed by atoms with E-state index in [-0.39, 0.29) is 37.0 Å². The van der Waals surface area contributed by atoms with Crippen LogP contribution in [0.3, 0.4) is 0 Å². The number of carbonyl (C=O) groups excluding carboxylic acids is 3. The van der Waals surface area contributed by atoms with E-state index in [4.69, 9.17) is 5.11 Å². The fourth-order valence-electron chi connectivity index (χ4n) is 4.37. The van der Waals surface area contributed by atoms with Crippen LogP contribution in [-0.2, 0) is 32.0 Å². The number of nitrogens with one attached hydrogen (secondary N) is 1. The molecule has 2 unspecified atom stereocenters. The van der Waals surface area contributed by atoms with Gasteiger partial charge >= 0.3 is 5.97 Å². The zero-order chi connectivity index (χ0) is 23.0. The van der Waals surface area contributed by atoms with Crippen molar-refractivity contribution in [3.63, 3.8) is 0 Å². The Hall–Kier alpha value is -3.55. The number of hydrogen-bond donors (Lipinski definition) is 2. The van der Waals surface area contributed by atoms with Crippen LogP contribution in [0, 0.1) is 11.7 Å². The number of rotatable bonds is 4. The van der Waals surface area contributed by atoms with Crippen molar-refractivity contribution in [3.8, 4) is 11.1 Å². The largest absolute Gasteiger partial charge is 0.481 e. The van der Waals surface area contributed by atoms with Crippen molar-refractivity contribution in [1.82, 2.24) is 5.32 Å². The van der Waals surface area contributed by atoms with E-state index in [1.54, 1.807) is 24.3 Å². The van der Waals surface area contributed by atoms with Crippen LogP contribution >= 0.6 is 0 Å². The molecule has 2 N–H and O–H groups in total. The van der Waals surface area contributed by atoms with E-state index in [2.05, 4.69) is 5.32 Å². The van der Waals surface area contributed by atoms with Crippen molar-refractivity contribution < 1.29 is 28.7 Å². The van der Waals surface area contributed by atoms with Gasteiger partial charge in [0.15, 0.2) is 0 Å². The summed E-state index contributed by atoms with van der Waals surface area (Å²) in [6.45, 7) is 1.81. The first-order chi connectivity index (χ1) is 15.2. The van der Waals surface area contributed by atoms with E-state index in [0.717, 1.165) is 5.56 Å². The molecule has 7 nitrogen and oxygen atoms in total. The van der Waals surface area contributed by atoms with Gasteiger partial charge in [0.25, 0.3) is 0 Å². The van der Waals surface area contributed by atoms with Crippen LogP contribution in [0.5, 0.6) is 0 Å². The molecule has 0 bridgehead atoms. The molecule has 2 aliphatic heterocycles. The van der Waals surface area contributed by atoms with Crippen LogP contribution in [0.2, 0.25) is 0 Å². The van der Waals surface area contributed by atoms with E-state index < -0.39 is 23.7 Å². The molecule has 32 heavy (non-hydrogen) atoms. The Labute approximate surface area is 184 Å². The molecule has 4 rings (SSSR count). The molecule has 2 aromatic rings. The lowest BCUT2D eigenvalue weighted by Gasteiger charge is -2.34. The van der Waals surface area contributed by atoms with Crippen molar-refractivity contribution >= 4 is 29.4 Å². The Morgan fingerprint density at radius 1 is 1.12 bits per heavy atom. The van der Waals surface area contributed by atoms with Gasteiger partial charge < -0.3 is 5.11 Å². The van der Waals surface area contributed by atoms with Gasteiger partial charge in [-0.15, -0.1) is 0 Å². The predicted molar refractivity (Wildman–Crippen MR) is 114 cm³/mol. The summed E-state index contributed by atoms with van der Waals surface area (Å²) in [4.78, 5) is 49.6. The standard InChI is InChI=1S/C24H23FN2O5/c1-13-2-4-16-12-15(17-6-3-14(10-18(17)25)11-22(29)30)5-7-19(16)27(24(13)32)20-8-9-21(28)26-23(20)31/h3,5-7,10,12-13,20H,2,4,8-9,11H2,1H3,(H,29,30)(H,26,28,31). The van der Waals surface area contributed by atoms with Gasteiger partial charge in [0.1, 0.15) is 11.9 Å². The molecule has 2 aliphatic rings. The van der Waals surface area contributed by atoms with Crippen molar-refractivity contribution in [2.24, 2.45) is 5.92 Å². The maximum Gasteiger partial charge on any atom is 0.307 e. The number of amides is 3. The summed E-state index contributed by atoms with van der Waals surface area (Å²) in [5.41, 5.74) is 2.72. The molecule has 0 saturated carbocycles. The maximum absolute atomic E-state index is 14.7. The zero-order valence-corrected chi connectivity index (χ0v) is 17.6. The summed E-state index contributed by atoms with van der Waals surface area (Å²) < 4.78 is 14.7. The quantitative estimate of drug-likeness (QED) is 0.715. The lowest BCUT2D eigenvalue weighted by atomic mass is 9.96. The monoisotopic (exact) mass is 438 g/mol. The third-order valence-electron chi connectivity index (χ3n) is 6.07. The first-order valence-corrected chi connectivity index (χ1v) is 10.5. The lowest BCUT2D eigenvalue weighted by molar-refractivity contribution is -0.137. The number of benzene rings is 2. The number of halogens is 1. The summed E-state index contributed by atoms with van der Waals surface area (Å²) in [5, 5.41) is 11.2. The van der Waals surface area contributed by atoms with E-state index in [9.17, 15) is 23.6 Å². The second-order valence-corrected chi connectivity index (χ2v) is 8.34. The van der Waals surface area contributed by atoms with Gasteiger partial charge in [0.2, 0.25) is 17.7 Å². The summed E-state index contributed by atoms with van der Waals surface area (Å²) in [5.74, 6) is -2.87. The van der Waals surface area contributed by atoms with Crippen LogP contribution in [0.4, 0.5) is 10.1 Å². The van der Waals surface area contributed by atoms with E-state index in [1.165, 1.54) is 11.0 Å². The van der Waals surface area contributed by atoms with E-state index >= 15 is 0 Å². The van der Waals surface area contributed by atoms with Gasteiger partial charge in [-0.05, 0) is 54.2 Å². The number of aliphatic carboxylic acids is 1. The zero-order valence-electron chi connectivity index (χ0n) is 17.6. The minimum atomic E-state index is -1.03. The van der Waals surface area contributed by atoms with Crippen molar-refractivity contribution in [2.45, 2.75) is 45.1 Å². The highest BCUT2D eigenvalue weighted by Gasteiger charge is 2.39. The van der Waals surface area contributed by atoms with E-state index in [0.29, 0.717) is 35.2 Å². The number of piperidine rings is 1. The smallest absolute Gasteiger partial charge is 0.307 e. The van der Waals surface area contributed by atoms with Gasteiger partial charge in [-0.1, -0.05) is 25.1 Å². The number of imide groups is 1.